The summed E-state index contributed by atoms with van der Waals surface area (Å²) in [7, 11) is 2.03. The van der Waals surface area contributed by atoms with Gasteiger partial charge in [0.05, 0.1) is 0 Å². The van der Waals surface area contributed by atoms with E-state index in [4.69, 9.17) is 9.15 Å². The van der Waals surface area contributed by atoms with Crippen LogP contribution in [0, 0.1) is 6.92 Å². The van der Waals surface area contributed by atoms with Gasteiger partial charge in [0.25, 0.3) is 0 Å². The monoisotopic (exact) mass is 351 g/mol. The van der Waals surface area contributed by atoms with Gasteiger partial charge < -0.3 is 9.15 Å². The van der Waals surface area contributed by atoms with Crippen molar-refractivity contribution in [2.75, 3.05) is 20.2 Å². The third-order valence-electron chi connectivity index (χ3n) is 4.51. The van der Waals surface area contributed by atoms with E-state index in [2.05, 4.69) is 24.8 Å². The van der Waals surface area contributed by atoms with Crippen molar-refractivity contribution in [3.63, 3.8) is 0 Å². The topological polar surface area (TPSA) is 42.7 Å². The zero-order chi connectivity index (χ0) is 18.5. The molecule has 0 fully saturated rings. The van der Waals surface area contributed by atoms with E-state index in [1.165, 1.54) is 5.56 Å². The fourth-order valence-electron chi connectivity index (χ4n) is 2.95. The standard InChI is InChI=1S/C22H25NO3/c1-4-17-7-10-20-18(14-22(24)26-21(20)13-17)15-23(3)11-12-25-19-8-5-16(2)6-9-19/h5-10,13-14H,4,11-12,15H2,1-3H3. The number of fused-ring (bicyclic) bond motifs is 1. The molecule has 0 aliphatic heterocycles. The van der Waals surface area contributed by atoms with Crippen LogP contribution < -0.4 is 10.4 Å². The maximum atomic E-state index is 11.9. The zero-order valence-electron chi connectivity index (χ0n) is 15.6. The van der Waals surface area contributed by atoms with Gasteiger partial charge in [-0.15, -0.1) is 0 Å². The van der Waals surface area contributed by atoms with Crippen LogP contribution in [-0.2, 0) is 13.0 Å². The summed E-state index contributed by atoms with van der Waals surface area (Å²) >= 11 is 0. The van der Waals surface area contributed by atoms with Crippen LogP contribution in [0.3, 0.4) is 0 Å². The highest BCUT2D eigenvalue weighted by molar-refractivity contribution is 5.80. The first kappa shape index (κ1) is 18.2. The largest absolute Gasteiger partial charge is 0.492 e. The lowest BCUT2D eigenvalue weighted by Gasteiger charge is -2.18. The highest BCUT2D eigenvalue weighted by Gasteiger charge is 2.09. The molecule has 0 aliphatic rings. The van der Waals surface area contributed by atoms with Gasteiger partial charge in [0, 0.05) is 24.5 Å². The summed E-state index contributed by atoms with van der Waals surface area (Å²) in [5.74, 6) is 0.877. The summed E-state index contributed by atoms with van der Waals surface area (Å²) < 4.78 is 11.2. The molecular weight excluding hydrogens is 326 g/mol. The zero-order valence-corrected chi connectivity index (χ0v) is 15.6. The van der Waals surface area contributed by atoms with Crippen molar-refractivity contribution >= 4 is 11.0 Å². The van der Waals surface area contributed by atoms with Crippen LogP contribution in [0.4, 0.5) is 0 Å². The molecule has 3 rings (SSSR count). The number of rotatable bonds is 7. The minimum atomic E-state index is -0.301. The SMILES string of the molecule is CCc1ccc2c(CN(C)CCOc3ccc(C)cc3)cc(=O)oc2c1. The average molecular weight is 351 g/mol. The lowest BCUT2D eigenvalue weighted by Crippen LogP contribution is -2.24. The minimum absolute atomic E-state index is 0.301. The molecule has 26 heavy (non-hydrogen) atoms. The number of aryl methyl sites for hydroxylation is 2. The highest BCUT2D eigenvalue weighted by Crippen LogP contribution is 2.20. The molecular formula is C22H25NO3. The van der Waals surface area contributed by atoms with Gasteiger partial charge in [-0.3, -0.25) is 4.90 Å². The molecule has 0 amide bonds. The van der Waals surface area contributed by atoms with E-state index in [0.29, 0.717) is 18.7 Å². The lowest BCUT2D eigenvalue weighted by atomic mass is 10.1. The molecule has 1 heterocycles. The van der Waals surface area contributed by atoms with E-state index in [-0.39, 0.29) is 5.63 Å². The quantitative estimate of drug-likeness (QED) is 0.599. The second kappa shape index (κ2) is 8.19. The molecule has 2 aromatic carbocycles. The number of hydrogen-bond donors (Lipinski definition) is 0. The van der Waals surface area contributed by atoms with Crippen molar-refractivity contribution in [3.8, 4) is 5.75 Å². The second-order valence-electron chi connectivity index (χ2n) is 6.67. The molecule has 0 saturated heterocycles. The first-order valence-corrected chi connectivity index (χ1v) is 8.99. The molecule has 0 atom stereocenters. The van der Waals surface area contributed by atoms with E-state index in [1.54, 1.807) is 6.07 Å². The molecule has 0 saturated carbocycles. The Morgan fingerprint density at radius 2 is 1.85 bits per heavy atom. The van der Waals surface area contributed by atoms with Crippen molar-refractivity contribution in [1.82, 2.24) is 4.90 Å². The Kier molecular flexibility index (Phi) is 5.74. The fraction of sp³-hybridized carbons (Fsp3) is 0.318. The molecule has 4 nitrogen and oxygen atoms in total. The Morgan fingerprint density at radius 1 is 1.08 bits per heavy atom. The van der Waals surface area contributed by atoms with E-state index in [0.717, 1.165) is 35.2 Å². The third-order valence-corrected chi connectivity index (χ3v) is 4.51. The van der Waals surface area contributed by atoms with Gasteiger partial charge in [-0.25, -0.2) is 4.79 Å². The molecule has 0 unspecified atom stereocenters. The predicted molar refractivity (Wildman–Crippen MR) is 105 cm³/mol. The van der Waals surface area contributed by atoms with Gasteiger partial charge in [-0.1, -0.05) is 36.8 Å². The van der Waals surface area contributed by atoms with Crippen LogP contribution in [0.2, 0.25) is 0 Å². The molecule has 0 radical (unpaired) electrons. The molecule has 0 aliphatic carbocycles. The van der Waals surface area contributed by atoms with E-state index in [1.807, 2.05) is 43.4 Å². The summed E-state index contributed by atoms with van der Waals surface area (Å²) in [5, 5.41) is 0.994. The Labute approximate surface area is 154 Å². The van der Waals surface area contributed by atoms with Crippen molar-refractivity contribution in [3.05, 3.63) is 75.6 Å². The van der Waals surface area contributed by atoms with E-state index < -0.39 is 0 Å². The maximum Gasteiger partial charge on any atom is 0.336 e. The summed E-state index contributed by atoms with van der Waals surface area (Å²) in [6, 6.07) is 15.7. The van der Waals surface area contributed by atoms with Gasteiger partial charge in [0.1, 0.15) is 17.9 Å². The average Bonchev–Trinajstić information content (AvgIpc) is 2.62. The number of nitrogens with zero attached hydrogens (tertiary/aromatic N) is 1. The van der Waals surface area contributed by atoms with Crippen molar-refractivity contribution < 1.29 is 9.15 Å². The molecule has 4 heteroatoms. The predicted octanol–water partition coefficient (Wildman–Crippen LogP) is 4.17. The second-order valence-corrected chi connectivity index (χ2v) is 6.67. The van der Waals surface area contributed by atoms with Crippen LogP contribution in [0.15, 0.2) is 57.7 Å². The Balaban J connectivity index is 1.66. The summed E-state index contributed by atoms with van der Waals surface area (Å²) in [5.41, 5.74) is 3.73. The molecule has 0 bridgehead atoms. The summed E-state index contributed by atoms with van der Waals surface area (Å²) in [6.07, 6.45) is 0.917. The van der Waals surface area contributed by atoms with Gasteiger partial charge >= 0.3 is 5.63 Å². The minimum Gasteiger partial charge on any atom is -0.492 e. The third kappa shape index (κ3) is 4.52. The highest BCUT2D eigenvalue weighted by atomic mass is 16.5. The van der Waals surface area contributed by atoms with Crippen LogP contribution in [0.5, 0.6) is 5.75 Å². The molecule has 0 N–H and O–H groups in total. The summed E-state index contributed by atoms with van der Waals surface area (Å²) in [6.45, 7) is 6.18. The fourth-order valence-corrected chi connectivity index (χ4v) is 2.95. The van der Waals surface area contributed by atoms with Crippen LogP contribution in [0.25, 0.3) is 11.0 Å². The van der Waals surface area contributed by atoms with Gasteiger partial charge in [-0.2, -0.15) is 0 Å². The number of hydrogen-bond acceptors (Lipinski definition) is 4. The van der Waals surface area contributed by atoms with Crippen molar-refractivity contribution in [2.45, 2.75) is 26.8 Å². The Bertz CT molecular complexity index is 928. The Hall–Kier alpha value is -2.59. The molecule has 3 aromatic rings. The van der Waals surface area contributed by atoms with Gasteiger partial charge in [0.15, 0.2) is 0 Å². The van der Waals surface area contributed by atoms with Gasteiger partial charge in [-0.05, 0) is 49.7 Å². The first-order chi connectivity index (χ1) is 12.5. The number of ether oxygens (including phenoxy) is 1. The number of likely N-dealkylation sites (N-methyl/N-ethyl adjacent to an activating group) is 1. The van der Waals surface area contributed by atoms with Crippen LogP contribution >= 0.6 is 0 Å². The maximum absolute atomic E-state index is 11.9. The van der Waals surface area contributed by atoms with Crippen molar-refractivity contribution in [2.24, 2.45) is 0 Å². The Morgan fingerprint density at radius 3 is 2.58 bits per heavy atom. The van der Waals surface area contributed by atoms with E-state index >= 15 is 0 Å². The smallest absolute Gasteiger partial charge is 0.336 e. The summed E-state index contributed by atoms with van der Waals surface area (Å²) in [4.78, 5) is 14.1. The van der Waals surface area contributed by atoms with Crippen LogP contribution in [-0.4, -0.2) is 25.1 Å². The van der Waals surface area contributed by atoms with Gasteiger partial charge in [0.2, 0.25) is 0 Å². The lowest BCUT2D eigenvalue weighted by molar-refractivity contribution is 0.233. The molecule has 1 aromatic heterocycles. The molecule has 136 valence electrons. The van der Waals surface area contributed by atoms with Crippen LogP contribution in [0.1, 0.15) is 23.6 Å². The number of benzene rings is 2. The normalized spacial score (nSPS) is 11.2. The van der Waals surface area contributed by atoms with Crippen molar-refractivity contribution in [1.29, 1.82) is 0 Å². The first-order valence-electron chi connectivity index (χ1n) is 8.99. The molecule has 0 spiro atoms. The van der Waals surface area contributed by atoms with E-state index in [9.17, 15) is 4.79 Å².